The maximum absolute atomic E-state index is 4.08. The molecule has 2 heterocycles. The van der Waals surface area contributed by atoms with Gasteiger partial charge in [0.05, 0.1) is 0 Å². The lowest BCUT2D eigenvalue weighted by molar-refractivity contribution is 0.171. The van der Waals surface area contributed by atoms with Crippen LogP contribution >= 0.6 is 0 Å². The van der Waals surface area contributed by atoms with Gasteiger partial charge in [0.1, 0.15) is 0 Å². The summed E-state index contributed by atoms with van der Waals surface area (Å²) in [5, 5.41) is 7.22. The third-order valence-corrected chi connectivity index (χ3v) is 5.46. The summed E-state index contributed by atoms with van der Waals surface area (Å²) in [6.07, 6.45) is 12.3. The van der Waals surface area contributed by atoms with E-state index in [4.69, 9.17) is 0 Å². The van der Waals surface area contributed by atoms with E-state index >= 15 is 0 Å². The minimum atomic E-state index is 0.707. The largest absolute Gasteiger partial charge is 0.303 e. The molecule has 2 bridgehead atoms. The first-order valence-electron chi connectivity index (χ1n) is 7.78. The van der Waals surface area contributed by atoms with E-state index in [-0.39, 0.29) is 0 Å². The highest BCUT2D eigenvalue weighted by molar-refractivity contribution is 5.11. The van der Waals surface area contributed by atoms with Crippen LogP contribution in [0.1, 0.15) is 37.3 Å². The summed E-state index contributed by atoms with van der Waals surface area (Å²) < 4.78 is 0. The van der Waals surface area contributed by atoms with E-state index in [9.17, 15) is 0 Å². The SMILES string of the molecule is C1=CC2CC1CC2CN1CCC(c2ccn[nH]2)CC1. The van der Waals surface area contributed by atoms with E-state index in [0.29, 0.717) is 5.92 Å². The van der Waals surface area contributed by atoms with Gasteiger partial charge in [-0.15, -0.1) is 0 Å². The Morgan fingerprint density at radius 1 is 1.21 bits per heavy atom. The second-order valence-corrected chi connectivity index (χ2v) is 6.63. The third kappa shape index (κ3) is 2.25. The zero-order valence-electron chi connectivity index (χ0n) is 11.5. The maximum Gasteiger partial charge on any atom is 0.0490 e. The van der Waals surface area contributed by atoms with Crippen LogP contribution in [-0.2, 0) is 0 Å². The molecule has 3 heteroatoms. The number of H-pyrrole nitrogens is 1. The fraction of sp³-hybridized carbons (Fsp3) is 0.688. The molecule has 3 nitrogen and oxygen atoms in total. The van der Waals surface area contributed by atoms with E-state index in [1.807, 2.05) is 6.20 Å². The standard InChI is InChI=1S/C16H23N3/c1-2-14-9-12(1)10-15(14)11-19-7-4-13(5-8-19)16-3-6-17-18-16/h1-3,6,12-15H,4-5,7-11H2,(H,17,18). The number of aromatic amines is 1. The van der Waals surface area contributed by atoms with Crippen LogP contribution in [0.4, 0.5) is 0 Å². The normalized spacial score (nSPS) is 35.3. The molecule has 19 heavy (non-hydrogen) atoms. The Balaban J connectivity index is 1.30. The molecule has 1 saturated carbocycles. The first kappa shape index (κ1) is 11.7. The van der Waals surface area contributed by atoms with Crippen molar-refractivity contribution in [3.63, 3.8) is 0 Å². The molecule has 4 rings (SSSR count). The Kier molecular flexibility index (Phi) is 2.95. The molecule has 3 aliphatic rings. The quantitative estimate of drug-likeness (QED) is 0.844. The molecule has 1 aliphatic heterocycles. The minimum Gasteiger partial charge on any atom is -0.303 e. The van der Waals surface area contributed by atoms with Crippen LogP contribution in [-0.4, -0.2) is 34.7 Å². The third-order valence-electron chi connectivity index (χ3n) is 5.46. The van der Waals surface area contributed by atoms with Crippen molar-refractivity contribution in [2.75, 3.05) is 19.6 Å². The average molecular weight is 257 g/mol. The number of fused-ring (bicyclic) bond motifs is 2. The Morgan fingerprint density at radius 2 is 2.11 bits per heavy atom. The number of allylic oxidation sites excluding steroid dienone is 2. The van der Waals surface area contributed by atoms with Gasteiger partial charge in [0.25, 0.3) is 0 Å². The second-order valence-electron chi connectivity index (χ2n) is 6.63. The number of hydrogen-bond acceptors (Lipinski definition) is 2. The highest BCUT2D eigenvalue weighted by Gasteiger charge is 2.36. The number of rotatable bonds is 3. The fourth-order valence-electron chi connectivity index (χ4n) is 4.36. The van der Waals surface area contributed by atoms with Crippen LogP contribution in [0.3, 0.4) is 0 Å². The first-order chi connectivity index (χ1) is 9.38. The molecule has 0 radical (unpaired) electrons. The lowest BCUT2D eigenvalue weighted by Gasteiger charge is -2.34. The lowest BCUT2D eigenvalue weighted by atomic mass is 9.90. The minimum absolute atomic E-state index is 0.707. The molecule has 0 spiro atoms. The molecular formula is C16H23N3. The number of nitrogens with zero attached hydrogens (tertiary/aromatic N) is 2. The van der Waals surface area contributed by atoms with Gasteiger partial charge in [-0.3, -0.25) is 5.10 Å². The molecule has 0 amide bonds. The van der Waals surface area contributed by atoms with E-state index in [0.717, 1.165) is 17.8 Å². The van der Waals surface area contributed by atoms with Crippen molar-refractivity contribution in [2.24, 2.45) is 17.8 Å². The van der Waals surface area contributed by atoms with Gasteiger partial charge in [0, 0.05) is 24.4 Å². The molecule has 1 N–H and O–H groups in total. The summed E-state index contributed by atoms with van der Waals surface area (Å²) in [6, 6.07) is 2.14. The Morgan fingerprint density at radius 3 is 2.74 bits per heavy atom. The van der Waals surface area contributed by atoms with Gasteiger partial charge in [0.15, 0.2) is 0 Å². The van der Waals surface area contributed by atoms with Gasteiger partial charge >= 0.3 is 0 Å². The van der Waals surface area contributed by atoms with Gasteiger partial charge in [0.2, 0.25) is 0 Å². The van der Waals surface area contributed by atoms with Crippen LogP contribution in [0.25, 0.3) is 0 Å². The van der Waals surface area contributed by atoms with Crippen molar-refractivity contribution >= 4 is 0 Å². The molecule has 3 unspecified atom stereocenters. The van der Waals surface area contributed by atoms with Crippen molar-refractivity contribution in [3.05, 3.63) is 30.1 Å². The van der Waals surface area contributed by atoms with Gasteiger partial charge in [-0.25, -0.2) is 0 Å². The zero-order valence-corrected chi connectivity index (χ0v) is 11.5. The van der Waals surface area contributed by atoms with Crippen LogP contribution < -0.4 is 0 Å². The summed E-state index contributed by atoms with van der Waals surface area (Å²) in [5.74, 6) is 3.46. The summed E-state index contributed by atoms with van der Waals surface area (Å²) >= 11 is 0. The predicted molar refractivity (Wildman–Crippen MR) is 75.8 cm³/mol. The Bertz CT molecular complexity index is 443. The molecule has 1 aromatic rings. The number of hydrogen-bond donors (Lipinski definition) is 1. The topological polar surface area (TPSA) is 31.9 Å². The van der Waals surface area contributed by atoms with E-state index in [2.05, 4.69) is 33.3 Å². The van der Waals surface area contributed by atoms with Crippen molar-refractivity contribution in [3.8, 4) is 0 Å². The van der Waals surface area contributed by atoms with Gasteiger partial charge < -0.3 is 4.90 Å². The van der Waals surface area contributed by atoms with E-state index in [1.54, 1.807) is 0 Å². The molecule has 1 saturated heterocycles. The average Bonchev–Trinajstić information content (AvgIpc) is 3.17. The highest BCUT2D eigenvalue weighted by Crippen LogP contribution is 2.44. The zero-order chi connectivity index (χ0) is 12.7. The van der Waals surface area contributed by atoms with Crippen molar-refractivity contribution in [1.82, 2.24) is 15.1 Å². The van der Waals surface area contributed by atoms with Crippen molar-refractivity contribution in [1.29, 1.82) is 0 Å². The maximum atomic E-state index is 4.08. The van der Waals surface area contributed by atoms with Crippen molar-refractivity contribution < 1.29 is 0 Å². The van der Waals surface area contributed by atoms with E-state index < -0.39 is 0 Å². The van der Waals surface area contributed by atoms with E-state index in [1.165, 1.54) is 51.0 Å². The van der Waals surface area contributed by atoms with Crippen molar-refractivity contribution in [2.45, 2.75) is 31.6 Å². The van der Waals surface area contributed by atoms with Gasteiger partial charge in [-0.2, -0.15) is 5.10 Å². The summed E-state index contributed by atoms with van der Waals surface area (Å²) in [4.78, 5) is 2.70. The number of aromatic nitrogens is 2. The molecule has 2 aliphatic carbocycles. The molecule has 2 fully saturated rings. The van der Waals surface area contributed by atoms with Crippen LogP contribution in [0, 0.1) is 17.8 Å². The summed E-state index contributed by atoms with van der Waals surface area (Å²) in [7, 11) is 0. The predicted octanol–water partition coefficient (Wildman–Crippen LogP) is 2.80. The fourth-order valence-corrected chi connectivity index (χ4v) is 4.36. The monoisotopic (exact) mass is 257 g/mol. The summed E-state index contributed by atoms with van der Waals surface area (Å²) in [5.41, 5.74) is 1.34. The molecule has 102 valence electrons. The Hall–Kier alpha value is -1.09. The first-order valence-corrected chi connectivity index (χ1v) is 7.78. The molecule has 3 atom stereocenters. The van der Waals surface area contributed by atoms with Crippen LogP contribution in [0.2, 0.25) is 0 Å². The van der Waals surface area contributed by atoms with Gasteiger partial charge in [-0.05, 0) is 62.6 Å². The summed E-state index contributed by atoms with van der Waals surface area (Å²) in [6.45, 7) is 3.86. The molecule has 1 aromatic heterocycles. The number of nitrogens with one attached hydrogen (secondary N) is 1. The molecule has 0 aromatic carbocycles. The Labute approximate surface area is 115 Å². The smallest absolute Gasteiger partial charge is 0.0490 e. The highest BCUT2D eigenvalue weighted by atomic mass is 15.1. The number of piperidine rings is 1. The number of likely N-dealkylation sites (tertiary alicyclic amines) is 1. The van der Waals surface area contributed by atoms with Gasteiger partial charge in [-0.1, -0.05) is 12.2 Å². The molecular weight excluding hydrogens is 234 g/mol. The second kappa shape index (κ2) is 4.78. The van der Waals surface area contributed by atoms with Crippen LogP contribution in [0.5, 0.6) is 0 Å². The van der Waals surface area contributed by atoms with Crippen LogP contribution in [0.15, 0.2) is 24.4 Å². The lowest BCUT2D eigenvalue weighted by Crippen LogP contribution is -2.37.